The Morgan fingerprint density at radius 3 is 2.60 bits per heavy atom. The molecule has 0 bridgehead atoms. The summed E-state index contributed by atoms with van der Waals surface area (Å²) in [5, 5.41) is 18.5. The maximum absolute atomic E-state index is 12.6. The molecule has 0 spiro atoms. The Labute approximate surface area is 180 Å². The molecule has 0 radical (unpaired) electrons. The number of rotatable bonds is 3. The molecule has 2 amide bonds. The normalized spacial score (nSPS) is 18.9. The lowest BCUT2D eigenvalue weighted by Crippen LogP contribution is -2.40. The second-order valence-electron chi connectivity index (χ2n) is 8.38. The predicted molar refractivity (Wildman–Crippen MR) is 116 cm³/mol. The molecule has 1 aromatic rings. The van der Waals surface area contributed by atoms with E-state index in [1.54, 1.807) is 17.9 Å². The van der Waals surface area contributed by atoms with Gasteiger partial charge < -0.3 is 10.2 Å². The first-order valence-corrected chi connectivity index (χ1v) is 10.8. The average Bonchev–Trinajstić information content (AvgIpc) is 3.19. The number of nitrogens with zero attached hydrogens (tertiary/aromatic N) is 4. The number of nitriles is 1. The summed E-state index contributed by atoms with van der Waals surface area (Å²) in [6.07, 6.45) is 2.76. The molecule has 158 valence electrons. The van der Waals surface area contributed by atoms with Crippen LogP contribution < -0.4 is 10.6 Å². The van der Waals surface area contributed by atoms with Crippen LogP contribution in [0.15, 0.2) is 28.4 Å². The second kappa shape index (κ2) is 8.88. The molecule has 1 saturated heterocycles. The minimum absolute atomic E-state index is 0.0319. The average molecular weight is 427 g/mol. The van der Waals surface area contributed by atoms with Gasteiger partial charge in [0.05, 0.1) is 10.7 Å². The van der Waals surface area contributed by atoms with Crippen LogP contribution in [0, 0.1) is 22.7 Å². The Hall–Kier alpha value is -2.86. The number of thioether (sulfide) groups is 1. The zero-order valence-corrected chi connectivity index (χ0v) is 18.5. The maximum atomic E-state index is 12.6. The summed E-state index contributed by atoms with van der Waals surface area (Å²) in [6, 6.07) is 3.87. The largest absolute Gasteiger partial charge is 0.351 e. The Balaban J connectivity index is 1.70. The maximum Gasteiger partial charge on any atom is 0.229 e. The third-order valence-corrected chi connectivity index (χ3v) is 6.04. The van der Waals surface area contributed by atoms with Gasteiger partial charge in [0, 0.05) is 43.2 Å². The molecule has 8 nitrogen and oxygen atoms in total. The smallest absolute Gasteiger partial charge is 0.229 e. The number of piperidine rings is 1. The van der Waals surface area contributed by atoms with Crippen LogP contribution in [0.25, 0.3) is 5.57 Å². The third-order valence-electron chi connectivity index (χ3n) is 5.15. The molecule has 0 unspecified atom stereocenters. The van der Waals surface area contributed by atoms with E-state index >= 15 is 0 Å². The van der Waals surface area contributed by atoms with Crippen LogP contribution in [0.4, 0.5) is 5.95 Å². The molecule has 3 rings (SSSR count). The Kier molecular flexibility index (Phi) is 6.46. The van der Waals surface area contributed by atoms with Crippen LogP contribution in [-0.4, -0.2) is 39.8 Å². The van der Waals surface area contributed by atoms with E-state index in [-0.39, 0.29) is 29.1 Å². The highest BCUT2D eigenvalue weighted by molar-refractivity contribution is 8.06. The van der Waals surface area contributed by atoms with Gasteiger partial charge in [0.25, 0.3) is 0 Å². The van der Waals surface area contributed by atoms with E-state index in [2.05, 4.69) is 47.4 Å². The van der Waals surface area contributed by atoms with Crippen molar-refractivity contribution in [3.63, 3.8) is 0 Å². The predicted octanol–water partition coefficient (Wildman–Crippen LogP) is 3.09. The van der Waals surface area contributed by atoms with Crippen molar-refractivity contribution in [3.05, 3.63) is 34.1 Å². The summed E-state index contributed by atoms with van der Waals surface area (Å²) in [5.74, 6) is -0.143. The van der Waals surface area contributed by atoms with E-state index in [1.807, 2.05) is 5.41 Å². The molecule has 0 aliphatic carbocycles. The molecule has 2 aliphatic heterocycles. The van der Waals surface area contributed by atoms with Crippen LogP contribution in [0.2, 0.25) is 0 Å². The summed E-state index contributed by atoms with van der Waals surface area (Å²) in [5.41, 5.74) is 1.84. The molecule has 2 aliphatic rings. The molecule has 0 aromatic carbocycles. The van der Waals surface area contributed by atoms with Crippen molar-refractivity contribution < 1.29 is 9.59 Å². The van der Waals surface area contributed by atoms with E-state index in [9.17, 15) is 14.9 Å². The van der Waals surface area contributed by atoms with Crippen molar-refractivity contribution >= 4 is 35.1 Å². The van der Waals surface area contributed by atoms with Crippen molar-refractivity contribution in [2.45, 2.75) is 40.5 Å². The van der Waals surface area contributed by atoms with Crippen LogP contribution >= 0.6 is 11.8 Å². The fraction of sp³-hybridized carbons (Fsp3) is 0.476. The number of nitrogens with one attached hydrogen (secondary N) is 2. The highest BCUT2D eigenvalue weighted by Crippen LogP contribution is 2.37. The summed E-state index contributed by atoms with van der Waals surface area (Å²) in [7, 11) is 0. The minimum atomic E-state index is -0.188. The number of amides is 2. The van der Waals surface area contributed by atoms with Crippen molar-refractivity contribution in [1.82, 2.24) is 20.2 Å². The summed E-state index contributed by atoms with van der Waals surface area (Å²) >= 11 is 1.45. The SMILES string of the molecule is CC(=O)N1CCC(C(=O)Nc2nccc(/C(C#N)=C3\NC(C(C)(C)C)=CS3)n2)CC1. The van der Waals surface area contributed by atoms with Crippen LogP contribution in [0.3, 0.4) is 0 Å². The summed E-state index contributed by atoms with van der Waals surface area (Å²) in [4.78, 5) is 34.3. The van der Waals surface area contributed by atoms with E-state index < -0.39 is 0 Å². The van der Waals surface area contributed by atoms with Gasteiger partial charge in [0.1, 0.15) is 11.6 Å². The zero-order chi connectivity index (χ0) is 21.9. The second-order valence-corrected chi connectivity index (χ2v) is 9.26. The summed E-state index contributed by atoms with van der Waals surface area (Å²) < 4.78 is 0. The standard InChI is InChI=1S/C21H26N6O2S/c1-13(28)27-9-6-14(7-10-27)18(29)26-20-23-8-5-16(24-20)15(11-22)19-25-17(12-30-19)21(2,3)4/h5,8,12,14,25H,6-7,9-10H2,1-4H3,(H,23,24,26,29)/b19-15+. The third kappa shape index (κ3) is 5.00. The molecule has 0 saturated carbocycles. The lowest BCUT2D eigenvalue weighted by atomic mass is 9.93. The lowest BCUT2D eigenvalue weighted by molar-refractivity contribution is -0.132. The van der Waals surface area contributed by atoms with Gasteiger partial charge in [-0.05, 0) is 24.3 Å². The molecule has 9 heteroatoms. The van der Waals surface area contributed by atoms with Gasteiger partial charge in [-0.3, -0.25) is 14.9 Å². The summed E-state index contributed by atoms with van der Waals surface area (Å²) in [6.45, 7) is 8.98. The van der Waals surface area contributed by atoms with Crippen molar-refractivity contribution in [2.75, 3.05) is 18.4 Å². The van der Waals surface area contributed by atoms with Crippen LogP contribution in [0.1, 0.15) is 46.2 Å². The molecule has 0 atom stereocenters. The van der Waals surface area contributed by atoms with Gasteiger partial charge in [-0.1, -0.05) is 32.5 Å². The fourth-order valence-electron chi connectivity index (χ4n) is 3.24. The molecule has 1 aromatic heterocycles. The number of hydrogen-bond donors (Lipinski definition) is 2. The van der Waals surface area contributed by atoms with Gasteiger partial charge in [-0.15, -0.1) is 0 Å². The quantitative estimate of drug-likeness (QED) is 0.715. The highest BCUT2D eigenvalue weighted by Gasteiger charge is 2.27. The lowest BCUT2D eigenvalue weighted by Gasteiger charge is -2.30. The van der Waals surface area contributed by atoms with Crippen molar-refractivity contribution in [3.8, 4) is 6.07 Å². The van der Waals surface area contributed by atoms with E-state index in [4.69, 9.17) is 0 Å². The van der Waals surface area contributed by atoms with Gasteiger partial charge >= 0.3 is 0 Å². The number of hydrogen-bond acceptors (Lipinski definition) is 7. The highest BCUT2D eigenvalue weighted by atomic mass is 32.2. The minimum Gasteiger partial charge on any atom is -0.351 e. The first kappa shape index (κ1) is 21.8. The number of carbonyl (C=O) groups excluding carboxylic acids is 2. The molecule has 2 N–H and O–H groups in total. The van der Waals surface area contributed by atoms with Gasteiger partial charge in [-0.25, -0.2) is 9.97 Å². The Morgan fingerprint density at radius 2 is 2.03 bits per heavy atom. The van der Waals surface area contributed by atoms with Crippen molar-refractivity contribution in [1.29, 1.82) is 5.26 Å². The van der Waals surface area contributed by atoms with E-state index in [0.717, 1.165) is 10.7 Å². The number of allylic oxidation sites excluding steroid dienone is 2. The zero-order valence-electron chi connectivity index (χ0n) is 17.7. The van der Waals surface area contributed by atoms with Gasteiger partial charge in [0.15, 0.2) is 0 Å². The Bertz CT molecular complexity index is 949. The topological polar surface area (TPSA) is 111 Å². The van der Waals surface area contributed by atoms with E-state index in [1.165, 1.54) is 18.0 Å². The number of anilines is 1. The fourth-order valence-corrected chi connectivity index (χ4v) is 4.32. The van der Waals surface area contributed by atoms with E-state index in [0.29, 0.717) is 37.2 Å². The molecule has 3 heterocycles. The first-order chi connectivity index (χ1) is 14.2. The molecule has 1 fully saturated rings. The van der Waals surface area contributed by atoms with Crippen LogP contribution in [-0.2, 0) is 9.59 Å². The number of carbonyl (C=O) groups is 2. The molecular formula is C21H26N6O2S. The monoisotopic (exact) mass is 426 g/mol. The van der Waals surface area contributed by atoms with Crippen molar-refractivity contribution in [2.24, 2.45) is 11.3 Å². The van der Waals surface area contributed by atoms with Crippen LogP contribution in [0.5, 0.6) is 0 Å². The Morgan fingerprint density at radius 1 is 1.33 bits per heavy atom. The first-order valence-electron chi connectivity index (χ1n) is 9.87. The molecular weight excluding hydrogens is 400 g/mol. The molecule has 30 heavy (non-hydrogen) atoms. The van der Waals surface area contributed by atoms with Gasteiger partial charge in [-0.2, -0.15) is 5.26 Å². The van der Waals surface area contributed by atoms with Gasteiger partial charge in [0.2, 0.25) is 17.8 Å². The number of likely N-dealkylation sites (tertiary alicyclic amines) is 1. The number of aromatic nitrogens is 2.